The maximum Gasteiger partial charge on any atom is 0.124 e. The van der Waals surface area contributed by atoms with Gasteiger partial charge in [-0.25, -0.2) is 0 Å². The molecule has 1 aliphatic rings. The van der Waals surface area contributed by atoms with Crippen LogP contribution >= 0.6 is 0 Å². The van der Waals surface area contributed by atoms with Crippen molar-refractivity contribution in [3.63, 3.8) is 0 Å². The molecule has 3 nitrogen and oxygen atoms in total. The zero-order chi connectivity index (χ0) is 10.7. The highest BCUT2D eigenvalue weighted by Crippen LogP contribution is 2.24. The summed E-state index contributed by atoms with van der Waals surface area (Å²) in [5, 5.41) is 0. The van der Waals surface area contributed by atoms with Crippen LogP contribution in [0.4, 0.5) is 5.69 Å². The quantitative estimate of drug-likeness (QED) is 0.771. The molecule has 1 heterocycles. The molecule has 0 saturated carbocycles. The normalized spacial score (nSPS) is 20.5. The highest BCUT2D eigenvalue weighted by molar-refractivity contribution is 5.53. The zero-order valence-corrected chi connectivity index (χ0v) is 9.03. The van der Waals surface area contributed by atoms with Gasteiger partial charge in [0, 0.05) is 23.8 Å². The van der Waals surface area contributed by atoms with Crippen LogP contribution in [0.5, 0.6) is 5.75 Å². The molecule has 0 amide bonds. The Bertz CT molecular complexity index is 332. The molecule has 0 radical (unpaired) electrons. The minimum atomic E-state index is 0.533. The fraction of sp³-hybridized carbons (Fsp3) is 0.500. The number of hydrogen-bond acceptors (Lipinski definition) is 3. The first-order valence-corrected chi connectivity index (χ1v) is 5.33. The van der Waals surface area contributed by atoms with Gasteiger partial charge in [-0.05, 0) is 25.5 Å². The van der Waals surface area contributed by atoms with Crippen LogP contribution in [0, 0.1) is 12.8 Å². The maximum absolute atomic E-state index is 5.80. The molecular formula is C12H17NO2. The van der Waals surface area contributed by atoms with Gasteiger partial charge in [0.2, 0.25) is 0 Å². The average molecular weight is 207 g/mol. The number of benzene rings is 1. The van der Waals surface area contributed by atoms with Crippen molar-refractivity contribution in [3.8, 4) is 5.75 Å². The van der Waals surface area contributed by atoms with E-state index < -0.39 is 0 Å². The maximum atomic E-state index is 5.80. The molecule has 0 spiro atoms. The third kappa shape index (κ3) is 2.42. The predicted molar refractivity (Wildman–Crippen MR) is 60.0 cm³/mol. The van der Waals surface area contributed by atoms with E-state index in [2.05, 4.69) is 0 Å². The highest BCUT2D eigenvalue weighted by atomic mass is 16.5. The van der Waals surface area contributed by atoms with E-state index in [4.69, 9.17) is 15.2 Å². The van der Waals surface area contributed by atoms with Crippen LogP contribution in [0.15, 0.2) is 18.2 Å². The van der Waals surface area contributed by atoms with E-state index in [1.165, 1.54) is 0 Å². The Morgan fingerprint density at radius 3 is 3.13 bits per heavy atom. The molecule has 0 bridgehead atoms. The van der Waals surface area contributed by atoms with Gasteiger partial charge >= 0.3 is 0 Å². The fourth-order valence-electron chi connectivity index (χ4n) is 1.71. The molecule has 1 aromatic rings. The average Bonchev–Trinajstić information content (AvgIpc) is 2.73. The third-order valence-electron chi connectivity index (χ3n) is 2.82. The van der Waals surface area contributed by atoms with Gasteiger partial charge in [-0.1, -0.05) is 6.07 Å². The zero-order valence-electron chi connectivity index (χ0n) is 9.03. The molecular weight excluding hydrogens is 190 g/mol. The first-order valence-electron chi connectivity index (χ1n) is 5.33. The number of anilines is 1. The van der Waals surface area contributed by atoms with E-state index in [9.17, 15) is 0 Å². The van der Waals surface area contributed by atoms with E-state index >= 15 is 0 Å². The van der Waals surface area contributed by atoms with Crippen LogP contribution in [0.25, 0.3) is 0 Å². The molecule has 0 aliphatic carbocycles. The first kappa shape index (κ1) is 10.3. The number of hydrogen-bond donors (Lipinski definition) is 1. The second-order valence-electron chi connectivity index (χ2n) is 4.01. The van der Waals surface area contributed by atoms with Crippen molar-refractivity contribution in [1.82, 2.24) is 0 Å². The van der Waals surface area contributed by atoms with Gasteiger partial charge in [0.1, 0.15) is 5.75 Å². The highest BCUT2D eigenvalue weighted by Gasteiger charge is 2.16. The lowest BCUT2D eigenvalue weighted by atomic mass is 10.1. The Hall–Kier alpha value is -1.22. The van der Waals surface area contributed by atoms with Gasteiger partial charge in [-0.2, -0.15) is 0 Å². The Balaban J connectivity index is 1.95. The van der Waals surface area contributed by atoms with Gasteiger partial charge in [0.05, 0.1) is 13.2 Å². The molecule has 1 aliphatic heterocycles. The fourth-order valence-corrected chi connectivity index (χ4v) is 1.71. The lowest BCUT2D eigenvalue weighted by molar-refractivity contribution is 0.167. The predicted octanol–water partition coefficient (Wildman–Crippen LogP) is 1.99. The molecule has 1 saturated heterocycles. The summed E-state index contributed by atoms with van der Waals surface area (Å²) in [5.41, 5.74) is 7.61. The van der Waals surface area contributed by atoms with E-state index in [1.807, 2.05) is 25.1 Å². The third-order valence-corrected chi connectivity index (χ3v) is 2.82. The van der Waals surface area contributed by atoms with Crippen molar-refractivity contribution in [3.05, 3.63) is 23.8 Å². The van der Waals surface area contributed by atoms with Crippen molar-refractivity contribution in [2.75, 3.05) is 25.6 Å². The smallest absolute Gasteiger partial charge is 0.124 e. The molecule has 3 heteroatoms. The molecule has 1 atom stereocenters. The second-order valence-corrected chi connectivity index (χ2v) is 4.01. The molecule has 1 aromatic carbocycles. The number of ether oxygens (including phenoxy) is 2. The van der Waals surface area contributed by atoms with Crippen LogP contribution in [-0.2, 0) is 4.74 Å². The topological polar surface area (TPSA) is 44.5 Å². The van der Waals surface area contributed by atoms with Crippen molar-refractivity contribution < 1.29 is 9.47 Å². The van der Waals surface area contributed by atoms with Crippen molar-refractivity contribution in [1.29, 1.82) is 0 Å². The Kier molecular flexibility index (Phi) is 3.11. The van der Waals surface area contributed by atoms with Crippen LogP contribution in [0.1, 0.15) is 12.0 Å². The Morgan fingerprint density at radius 1 is 1.53 bits per heavy atom. The van der Waals surface area contributed by atoms with Crippen molar-refractivity contribution >= 4 is 5.69 Å². The van der Waals surface area contributed by atoms with Gasteiger partial charge < -0.3 is 15.2 Å². The van der Waals surface area contributed by atoms with Gasteiger partial charge in [-0.15, -0.1) is 0 Å². The molecule has 0 aromatic heterocycles. The summed E-state index contributed by atoms with van der Waals surface area (Å²) >= 11 is 0. The molecule has 2 rings (SSSR count). The van der Waals surface area contributed by atoms with Crippen LogP contribution in [-0.4, -0.2) is 19.8 Å². The second kappa shape index (κ2) is 4.53. The Labute approximate surface area is 90.2 Å². The molecule has 1 fully saturated rings. The number of rotatable bonds is 3. The monoisotopic (exact) mass is 207 g/mol. The summed E-state index contributed by atoms with van der Waals surface area (Å²) < 4.78 is 11.0. The van der Waals surface area contributed by atoms with Crippen LogP contribution in [0.2, 0.25) is 0 Å². The molecule has 15 heavy (non-hydrogen) atoms. The minimum Gasteiger partial charge on any atom is -0.493 e. The van der Waals surface area contributed by atoms with Crippen LogP contribution in [0.3, 0.4) is 0 Å². The number of nitrogens with two attached hydrogens (primary N) is 1. The van der Waals surface area contributed by atoms with Crippen molar-refractivity contribution in [2.24, 2.45) is 5.92 Å². The summed E-state index contributed by atoms with van der Waals surface area (Å²) in [6, 6.07) is 5.77. The summed E-state index contributed by atoms with van der Waals surface area (Å²) in [6.07, 6.45) is 1.10. The summed E-state index contributed by atoms with van der Waals surface area (Å²) in [5.74, 6) is 1.42. The first-order chi connectivity index (χ1) is 7.27. The summed E-state index contributed by atoms with van der Waals surface area (Å²) in [6.45, 7) is 4.39. The minimum absolute atomic E-state index is 0.533. The molecule has 2 N–H and O–H groups in total. The molecule has 82 valence electrons. The lowest BCUT2D eigenvalue weighted by Crippen LogP contribution is -2.12. The standard InChI is InChI=1S/C12H17NO2/c1-9-11(13)3-2-4-12(9)15-8-10-5-6-14-7-10/h2-4,10H,5-8,13H2,1H3. The summed E-state index contributed by atoms with van der Waals surface area (Å²) in [4.78, 5) is 0. The van der Waals surface area contributed by atoms with E-state index in [0.717, 1.165) is 43.2 Å². The summed E-state index contributed by atoms with van der Waals surface area (Å²) in [7, 11) is 0. The van der Waals surface area contributed by atoms with Gasteiger partial charge in [-0.3, -0.25) is 0 Å². The van der Waals surface area contributed by atoms with Crippen molar-refractivity contribution in [2.45, 2.75) is 13.3 Å². The van der Waals surface area contributed by atoms with Crippen LogP contribution < -0.4 is 10.5 Å². The number of nitrogen functional groups attached to an aromatic ring is 1. The lowest BCUT2D eigenvalue weighted by Gasteiger charge is -2.13. The largest absolute Gasteiger partial charge is 0.493 e. The van der Waals surface area contributed by atoms with Gasteiger partial charge in [0.15, 0.2) is 0 Å². The Morgan fingerprint density at radius 2 is 2.40 bits per heavy atom. The van der Waals surface area contributed by atoms with E-state index in [0.29, 0.717) is 5.92 Å². The van der Waals surface area contributed by atoms with E-state index in [1.54, 1.807) is 0 Å². The SMILES string of the molecule is Cc1c(N)cccc1OCC1CCOC1. The van der Waals surface area contributed by atoms with Gasteiger partial charge in [0.25, 0.3) is 0 Å². The molecule has 1 unspecified atom stereocenters. The van der Waals surface area contributed by atoms with E-state index in [-0.39, 0.29) is 0 Å².